The highest BCUT2D eigenvalue weighted by Gasteiger charge is 2.34. The van der Waals surface area contributed by atoms with Gasteiger partial charge < -0.3 is 9.84 Å². The standard InChI is InChI=1S/C10H18O4S/c1-10(2,9(11)12)15(13)7-5-8-4-3-6-14-8/h8H,3-7H2,1-2H3,(H,11,12). The average Bonchev–Trinajstić information content (AvgIpc) is 2.66. The molecule has 2 unspecified atom stereocenters. The van der Waals surface area contributed by atoms with E-state index < -0.39 is 21.5 Å². The number of hydrogen-bond acceptors (Lipinski definition) is 3. The Morgan fingerprint density at radius 1 is 1.60 bits per heavy atom. The van der Waals surface area contributed by atoms with Gasteiger partial charge in [0.1, 0.15) is 4.75 Å². The Morgan fingerprint density at radius 3 is 2.73 bits per heavy atom. The summed E-state index contributed by atoms with van der Waals surface area (Å²) in [7, 11) is -1.34. The molecule has 0 aromatic heterocycles. The van der Waals surface area contributed by atoms with Crippen LogP contribution in [0.4, 0.5) is 0 Å². The molecule has 1 heterocycles. The minimum Gasteiger partial charge on any atom is -0.480 e. The molecule has 0 aliphatic carbocycles. The molecule has 0 amide bonds. The van der Waals surface area contributed by atoms with Crippen LogP contribution < -0.4 is 0 Å². The molecule has 88 valence electrons. The highest BCUT2D eigenvalue weighted by molar-refractivity contribution is 7.87. The molecule has 0 saturated carbocycles. The monoisotopic (exact) mass is 234 g/mol. The minimum absolute atomic E-state index is 0.179. The van der Waals surface area contributed by atoms with Crippen LogP contribution in [0, 0.1) is 0 Å². The van der Waals surface area contributed by atoms with Crippen LogP contribution in [-0.2, 0) is 20.3 Å². The van der Waals surface area contributed by atoms with Gasteiger partial charge in [0.25, 0.3) is 0 Å². The van der Waals surface area contributed by atoms with Gasteiger partial charge >= 0.3 is 5.97 Å². The molecule has 0 spiro atoms. The Labute approximate surface area is 92.5 Å². The molecule has 2 atom stereocenters. The topological polar surface area (TPSA) is 63.6 Å². The van der Waals surface area contributed by atoms with Crippen LogP contribution in [0.25, 0.3) is 0 Å². The average molecular weight is 234 g/mol. The third kappa shape index (κ3) is 3.28. The second kappa shape index (κ2) is 5.07. The number of carboxylic acid groups (broad SMARTS) is 1. The molecule has 1 saturated heterocycles. The van der Waals surface area contributed by atoms with E-state index in [-0.39, 0.29) is 6.10 Å². The van der Waals surface area contributed by atoms with Crippen LogP contribution in [-0.4, -0.2) is 38.5 Å². The Morgan fingerprint density at radius 2 is 2.27 bits per heavy atom. The second-order valence-corrected chi connectivity index (χ2v) is 6.41. The third-order valence-corrected chi connectivity index (χ3v) is 4.65. The summed E-state index contributed by atoms with van der Waals surface area (Å²) in [5.74, 6) is -0.600. The Balaban J connectivity index is 2.38. The van der Waals surface area contributed by atoms with Crippen LogP contribution in [0.15, 0.2) is 0 Å². The molecule has 1 fully saturated rings. The van der Waals surface area contributed by atoms with Gasteiger partial charge in [0.15, 0.2) is 0 Å². The Kier molecular flexibility index (Phi) is 4.28. The number of ether oxygens (including phenoxy) is 1. The van der Waals surface area contributed by atoms with Crippen LogP contribution in [0.2, 0.25) is 0 Å². The van der Waals surface area contributed by atoms with Gasteiger partial charge in [-0.25, -0.2) is 0 Å². The molecule has 1 N–H and O–H groups in total. The first kappa shape index (κ1) is 12.6. The van der Waals surface area contributed by atoms with Crippen LogP contribution in [0.3, 0.4) is 0 Å². The maximum atomic E-state index is 11.7. The molecule has 15 heavy (non-hydrogen) atoms. The smallest absolute Gasteiger partial charge is 0.321 e. The molecular weight excluding hydrogens is 216 g/mol. The molecule has 4 nitrogen and oxygen atoms in total. The summed E-state index contributed by atoms with van der Waals surface area (Å²) in [5.41, 5.74) is 0. The van der Waals surface area contributed by atoms with Crippen molar-refractivity contribution in [3.63, 3.8) is 0 Å². The SMILES string of the molecule is CC(C)(C(=O)O)S(=O)CCC1CCCO1. The van der Waals surface area contributed by atoms with Gasteiger partial charge in [0.2, 0.25) is 0 Å². The summed E-state index contributed by atoms with van der Waals surface area (Å²) >= 11 is 0. The van der Waals surface area contributed by atoms with Crippen molar-refractivity contribution in [1.29, 1.82) is 0 Å². The summed E-state index contributed by atoms with van der Waals surface area (Å²) in [5, 5.41) is 8.88. The highest BCUT2D eigenvalue weighted by atomic mass is 32.2. The summed E-state index contributed by atoms with van der Waals surface area (Å²) in [6.45, 7) is 3.78. The number of hydrogen-bond donors (Lipinski definition) is 1. The minimum atomic E-state index is -1.34. The molecule has 0 radical (unpaired) electrons. The predicted molar refractivity (Wildman–Crippen MR) is 58.3 cm³/mol. The summed E-state index contributed by atoms with van der Waals surface area (Å²) in [6.07, 6.45) is 2.94. The van der Waals surface area contributed by atoms with Gasteiger partial charge in [-0.3, -0.25) is 9.00 Å². The first-order valence-electron chi connectivity index (χ1n) is 5.18. The van der Waals surface area contributed by atoms with E-state index in [0.29, 0.717) is 12.2 Å². The summed E-state index contributed by atoms with van der Waals surface area (Å²) < 4.78 is 16.0. The first-order valence-corrected chi connectivity index (χ1v) is 6.50. The predicted octanol–water partition coefficient (Wildman–Crippen LogP) is 1.17. The van der Waals surface area contributed by atoms with E-state index >= 15 is 0 Å². The van der Waals surface area contributed by atoms with Crippen LogP contribution >= 0.6 is 0 Å². The molecule has 5 heteroatoms. The first-order chi connectivity index (χ1) is 6.94. The van der Waals surface area contributed by atoms with Crippen molar-refractivity contribution in [2.24, 2.45) is 0 Å². The quantitative estimate of drug-likeness (QED) is 0.775. The van der Waals surface area contributed by atoms with E-state index in [4.69, 9.17) is 9.84 Å². The van der Waals surface area contributed by atoms with Crippen molar-refractivity contribution >= 4 is 16.8 Å². The lowest BCUT2D eigenvalue weighted by molar-refractivity contribution is -0.139. The fourth-order valence-electron chi connectivity index (χ4n) is 1.46. The lowest BCUT2D eigenvalue weighted by atomic mass is 10.2. The summed E-state index contributed by atoms with van der Waals surface area (Å²) in [6, 6.07) is 0. The third-order valence-electron chi connectivity index (χ3n) is 2.73. The zero-order valence-corrected chi connectivity index (χ0v) is 10.0. The van der Waals surface area contributed by atoms with Gasteiger partial charge in [-0.1, -0.05) is 0 Å². The molecule has 0 aromatic carbocycles. The molecular formula is C10H18O4S. The lowest BCUT2D eigenvalue weighted by Gasteiger charge is -2.19. The van der Waals surface area contributed by atoms with E-state index in [1.807, 2.05) is 0 Å². The van der Waals surface area contributed by atoms with Crippen molar-refractivity contribution in [2.45, 2.75) is 44.0 Å². The van der Waals surface area contributed by atoms with Crippen LogP contribution in [0.1, 0.15) is 33.1 Å². The molecule has 1 aliphatic rings. The highest BCUT2D eigenvalue weighted by Crippen LogP contribution is 2.19. The molecule has 1 rings (SSSR count). The lowest BCUT2D eigenvalue weighted by Crippen LogP contribution is -2.38. The van der Waals surface area contributed by atoms with Gasteiger partial charge in [0.05, 0.1) is 6.10 Å². The normalized spacial score (nSPS) is 24.0. The maximum Gasteiger partial charge on any atom is 0.321 e. The van der Waals surface area contributed by atoms with E-state index in [1.54, 1.807) is 0 Å². The Hall–Kier alpha value is -0.420. The van der Waals surface area contributed by atoms with Gasteiger partial charge in [-0.05, 0) is 33.1 Å². The van der Waals surface area contributed by atoms with E-state index in [2.05, 4.69) is 0 Å². The van der Waals surface area contributed by atoms with Crippen LogP contribution in [0.5, 0.6) is 0 Å². The molecule has 0 bridgehead atoms. The van der Waals surface area contributed by atoms with Crippen molar-refractivity contribution in [2.75, 3.05) is 12.4 Å². The molecule has 0 aromatic rings. The fourth-order valence-corrected chi connectivity index (χ4v) is 2.65. The number of carboxylic acids is 1. The zero-order valence-electron chi connectivity index (χ0n) is 9.19. The van der Waals surface area contributed by atoms with E-state index in [1.165, 1.54) is 13.8 Å². The van der Waals surface area contributed by atoms with Gasteiger partial charge in [-0.2, -0.15) is 0 Å². The van der Waals surface area contributed by atoms with Crippen molar-refractivity contribution < 1.29 is 18.8 Å². The second-order valence-electron chi connectivity index (χ2n) is 4.29. The summed E-state index contributed by atoms with van der Waals surface area (Å²) in [4.78, 5) is 10.8. The van der Waals surface area contributed by atoms with Gasteiger partial charge in [-0.15, -0.1) is 0 Å². The maximum absolute atomic E-state index is 11.7. The number of aliphatic carboxylic acids is 1. The largest absolute Gasteiger partial charge is 0.480 e. The van der Waals surface area contributed by atoms with Crippen molar-refractivity contribution in [3.8, 4) is 0 Å². The number of carbonyl (C=O) groups is 1. The number of rotatable bonds is 5. The molecule has 1 aliphatic heterocycles. The van der Waals surface area contributed by atoms with E-state index in [0.717, 1.165) is 19.4 Å². The van der Waals surface area contributed by atoms with E-state index in [9.17, 15) is 9.00 Å². The van der Waals surface area contributed by atoms with Gasteiger partial charge in [0, 0.05) is 23.2 Å². The fraction of sp³-hybridized carbons (Fsp3) is 0.900. The Bertz CT molecular complexity index is 256. The van der Waals surface area contributed by atoms with Crippen molar-refractivity contribution in [3.05, 3.63) is 0 Å². The zero-order chi connectivity index (χ0) is 11.5. The van der Waals surface area contributed by atoms with Crippen molar-refractivity contribution in [1.82, 2.24) is 0 Å².